The number of para-hydroxylation sites is 1. The second kappa shape index (κ2) is 6.32. The standard InChI is InChI=1S/C21H18F2N4/c22-14-5-6-16(18(23)9-14)21-13(10-24-26-21)11-27-8-7-20-17(12-27)15-3-1-2-4-19(15)25-20/h1-6,9-10,25H,7-8,11-12H2,(H,24,26). The summed E-state index contributed by atoms with van der Waals surface area (Å²) in [6.07, 6.45) is 2.67. The number of rotatable bonds is 3. The maximum Gasteiger partial charge on any atom is 0.135 e. The molecular weight excluding hydrogens is 346 g/mol. The molecule has 1 aliphatic heterocycles. The van der Waals surface area contributed by atoms with E-state index in [1.807, 2.05) is 6.07 Å². The Labute approximate surface area is 154 Å². The zero-order valence-electron chi connectivity index (χ0n) is 14.6. The van der Waals surface area contributed by atoms with Crippen LogP contribution in [0.1, 0.15) is 16.8 Å². The number of hydrogen-bond donors (Lipinski definition) is 2. The quantitative estimate of drug-likeness (QED) is 0.566. The lowest BCUT2D eigenvalue weighted by Gasteiger charge is -2.27. The lowest BCUT2D eigenvalue weighted by Crippen LogP contribution is -2.29. The molecule has 5 rings (SSSR count). The summed E-state index contributed by atoms with van der Waals surface area (Å²) >= 11 is 0. The molecule has 0 amide bonds. The van der Waals surface area contributed by atoms with Crippen LogP contribution in [0.2, 0.25) is 0 Å². The van der Waals surface area contributed by atoms with Crippen molar-refractivity contribution in [3.8, 4) is 11.3 Å². The summed E-state index contributed by atoms with van der Waals surface area (Å²) in [5.41, 5.74) is 5.65. The second-order valence-electron chi connectivity index (χ2n) is 6.98. The second-order valence-corrected chi connectivity index (χ2v) is 6.98. The van der Waals surface area contributed by atoms with Crippen molar-refractivity contribution in [3.63, 3.8) is 0 Å². The summed E-state index contributed by atoms with van der Waals surface area (Å²) < 4.78 is 27.4. The lowest BCUT2D eigenvalue weighted by atomic mass is 10.0. The van der Waals surface area contributed by atoms with Crippen LogP contribution in [-0.2, 0) is 19.5 Å². The van der Waals surface area contributed by atoms with Gasteiger partial charge in [-0.15, -0.1) is 0 Å². The van der Waals surface area contributed by atoms with E-state index in [2.05, 4.69) is 38.3 Å². The number of H-pyrrole nitrogens is 2. The van der Waals surface area contributed by atoms with Gasteiger partial charge in [0.2, 0.25) is 0 Å². The Balaban J connectivity index is 1.43. The number of aromatic nitrogens is 3. The van der Waals surface area contributed by atoms with Crippen LogP contribution < -0.4 is 0 Å². The molecule has 2 aromatic heterocycles. The molecule has 136 valence electrons. The molecule has 6 heteroatoms. The average molecular weight is 364 g/mol. The molecule has 2 N–H and O–H groups in total. The summed E-state index contributed by atoms with van der Waals surface area (Å²) in [4.78, 5) is 5.85. The van der Waals surface area contributed by atoms with Crippen LogP contribution in [0.25, 0.3) is 22.2 Å². The molecule has 0 fully saturated rings. The SMILES string of the molecule is Fc1ccc(-c2[nH]ncc2CN2CCc3[nH]c4ccccc4c3C2)c(F)c1. The fourth-order valence-corrected chi connectivity index (χ4v) is 3.95. The van der Waals surface area contributed by atoms with Crippen molar-refractivity contribution in [1.82, 2.24) is 20.1 Å². The predicted octanol–water partition coefficient (Wildman–Crippen LogP) is 4.39. The van der Waals surface area contributed by atoms with E-state index >= 15 is 0 Å². The van der Waals surface area contributed by atoms with Gasteiger partial charge in [0.15, 0.2) is 0 Å². The van der Waals surface area contributed by atoms with E-state index in [1.54, 1.807) is 6.20 Å². The monoisotopic (exact) mass is 364 g/mol. The number of aromatic amines is 2. The fourth-order valence-electron chi connectivity index (χ4n) is 3.95. The minimum Gasteiger partial charge on any atom is -0.358 e. The van der Waals surface area contributed by atoms with Crippen LogP contribution in [0.5, 0.6) is 0 Å². The molecule has 0 saturated heterocycles. The summed E-state index contributed by atoms with van der Waals surface area (Å²) in [6, 6.07) is 12.0. The third kappa shape index (κ3) is 2.82. The maximum atomic E-state index is 14.2. The first-order valence-electron chi connectivity index (χ1n) is 8.97. The lowest BCUT2D eigenvalue weighted by molar-refractivity contribution is 0.246. The van der Waals surface area contributed by atoms with Gasteiger partial charge >= 0.3 is 0 Å². The molecular formula is C21H18F2N4. The Morgan fingerprint density at radius 3 is 2.89 bits per heavy atom. The van der Waals surface area contributed by atoms with Gasteiger partial charge in [0.05, 0.1) is 11.9 Å². The summed E-state index contributed by atoms with van der Waals surface area (Å²) in [5.74, 6) is -1.17. The van der Waals surface area contributed by atoms with Crippen molar-refractivity contribution < 1.29 is 8.78 Å². The van der Waals surface area contributed by atoms with E-state index in [0.717, 1.165) is 31.1 Å². The fraction of sp³-hybridized carbons (Fsp3) is 0.190. The first-order valence-corrected chi connectivity index (χ1v) is 8.97. The first-order chi connectivity index (χ1) is 13.2. The molecule has 0 spiro atoms. The Morgan fingerprint density at radius 1 is 1.11 bits per heavy atom. The summed E-state index contributed by atoms with van der Waals surface area (Å²) in [5, 5.41) is 8.22. The van der Waals surface area contributed by atoms with Crippen molar-refractivity contribution in [2.45, 2.75) is 19.5 Å². The van der Waals surface area contributed by atoms with E-state index in [-0.39, 0.29) is 0 Å². The molecule has 0 atom stereocenters. The van der Waals surface area contributed by atoms with Crippen molar-refractivity contribution >= 4 is 10.9 Å². The molecule has 0 aliphatic carbocycles. The molecule has 0 unspecified atom stereocenters. The number of fused-ring (bicyclic) bond motifs is 3. The van der Waals surface area contributed by atoms with Crippen molar-refractivity contribution in [2.24, 2.45) is 0 Å². The normalized spacial score (nSPS) is 14.6. The Morgan fingerprint density at radius 2 is 2.00 bits per heavy atom. The molecule has 4 aromatic rings. The van der Waals surface area contributed by atoms with Gasteiger partial charge in [0.25, 0.3) is 0 Å². The largest absolute Gasteiger partial charge is 0.358 e. The molecule has 27 heavy (non-hydrogen) atoms. The topological polar surface area (TPSA) is 47.7 Å². The molecule has 0 radical (unpaired) electrons. The maximum absolute atomic E-state index is 14.2. The zero-order valence-corrected chi connectivity index (χ0v) is 14.6. The van der Waals surface area contributed by atoms with E-state index in [4.69, 9.17) is 0 Å². The minimum absolute atomic E-state index is 0.341. The smallest absolute Gasteiger partial charge is 0.135 e. The third-order valence-electron chi connectivity index (χ3n) is 5.27. The molecule has 4 nitrogen and oxygen atoms in total. The van der Waals surface area contributed by atoms with E-state index in [1.165, 1.54) is 34.3 Å². The highest BCUT2D eigenvalue weighted by Gasteiger charge is 2.22. The summed E-state index contributed by atoms with van der Waals surface area (Å²) in [6.45, 7) is 2.40. The van der Waals surface area contributed by atoms with E-state index < -0.39 is 11.6 Å². The van der Waals surface area contributed by atoms with Crippen molar-refractivity contribution in [3.05, 3.63) is 77.1 Å². The van der Waals surface area contributed by atoms with Gasteiger partial charge in [-0.2, -0.15) is 5.10 Å². The van der Waals surface area contributed by atoms with Gasteiger partial charge in [-0.1, -0.05) is 18.2 Å². The number of nitrogens with one attached hydrogen (secondary N) is 2. The molecule has 0 saturated carbocycles. The minimum atomic E-state index is -0.585. The number of nitrogens with zero attached hydrogens (tertiary/aromatic N) is 2. The van der Waals surface area contributed by atoms with Gasteiger partial charge in [-0.3, -0.25) is 10.00 Å². The van der Waals surface area contributed by atoms with Crippen LogP contribution in [0.15, 0.2) is 48.7 Å². The Bertz CT molecular complexity index is 1130. The highest BCUT2D eigenvalue weighted by atomic mass is 19.1. The number of hydrogen-bond acceptors (Lipinski definition) is 2. The van der Waals surface area contributed by atoms with E-state index in [0.29, 0.717) is 17.8 Å². The van der Waals surface area contributed by atoms with Gasteiger partial charge in [-0.25, -0.2) is 8.78 Å². The summed E-state index contributed by atoms with van der Waals surface area (Å²) in [7, 11) is 0. The van der Waals surface area contributed by atoms with Crippen LogP contribution >= 0.6 is 0 Å². The molecule has 1 aliphatic rings. The van der Waals surface area contributed by atoms with Crippen molar-refractivity contribution in [1.29, 1.82) is 0 Å². The highest BCUT2D eigenvalue weighted by molar-refractivity contribution is 5.84. The van der Waals surface area contributed by atoms with Crippen LogP contribution in [-0.4, -0.2) is 26.6 Å². The van der Waals surface area contributed by atoms with Crippen LogP contribution in [0.3, 0.4) is 0 Å². The molecule has 2 aromatic carbocycles. The van der Waals surface area contributed by atoms with Gasteiger partial charge < -0.3 is 4.98 Å². The van der Waals surface area contributed by atoms with E-state index in [9.17, 15) is 8.78 Å². The van der Waals surface area contributed by atoms with Gasteiger partial charge in [0, 0.05) is 59.8 Å². The Kier molecular flexibility index (Phi) is 3.79. The first kappa shape index (κ1) is 16.2. The zero-order chi connectivity index (χ0) is 18.4. The number of benzene rings is 2. The average Bonchev–Trinajstić information content (AvgIpc) is 3.26. The van der Waals surface area contributed by atoms with Crippen LogP contribution in [0, 0.1) is 11.6 Å². The van der Waals surface area contributed by atoms with Crippen molar-refractivity contribution in [2.75, 3.05) is 6.54 Å². The molecule has 0 bridgehead atoms. The Hall–Kier alpha value is -2.99. The third-order valence-corrected chi connectivity index (χ3v) is 5.27. The molecule has 3 heterocycles. The van der Waals surface area contributed by atoms with Gasteiger partial charge in [0.1, 0.15) is 11.6 Å². The predicted molar refractivity (Wildman–Crippen MR) is 100 cm³/mol. The highest BCUT2D eigenvalue weighted by Crippen LogP contribution is 2.30. The van der Waals surface area contributed by atoms with Gasteiger partial charge in [-0.05, 0) is 23.8 Å². The van der Waals surface area contributed by atoms with Crippen LogP contribution in [0.4, 0.5) is 8.78 Å². The number of halogens is 2.